The van der Waals surface area contributed by atoms with Gasteiger partial charge in [0.2, 0.25) is 0 Å². The zero-order valence-electron chi connectivity index (χ0n) is 6.64. The number of aliphatic hydroxyl groups excluding tert-OH is 2. The molecule has 2 aliphatic rings. The Bertz CT molecular complexity index is 182. The SMILES string of the molecule is [B]C1OC(CO)[C@@H](O)[C@]12CCO2. The van der Waals surface area contributed by atoms with E-state index < -0.39 is 23.8 Å². The third-order valence-corrected chi connectivity index (χ3v) is 2.70. The van der Waals surface area contributed by atoms with E-state index >= 15 is 0 Å². The van der Waals surface area contributed by atoms with Crippen molar-refractivity contribution in [2.45, 2.75) is 30.2 Å². The van der Waals surface area contributed by atoms with E-state index in [2.05, 4.69) is 0 Å². The maximum Gasteiger partial charge on any atom is 0.116 e. The molecule has 2 fully saturated rings. The lowest BCUT2D eigenvalue weighted by Crippen LogP contribution is -2.58. The summed E-state index contributed by atoms with van der Waals surface area (Å²) in [4.78, 5) is 0. The Morgan fingerprint density at radius 3 is 2.50 bits per heavy atom. The van der Waals surface area contributed by atoms with E-state index in [4.69, 9.17) is 22.4 Å². The van der Waals surface area contributed by atoms with Gasteiger partial charge in [0.05, 0.1) is 13.2 Å². The molecule has 5 heteroatoms. The summed E-state index contributed by atoms with van der Waals surface area (Å²) in [5.41, 5.74) is -0.743. The summed E-state index contributed by atoms with van der Waals surface area (Å²) >= 11 is 0. The van der Waals surface area contributed by atoms with Crippen LogP contribution in [0.2, 0.25) is 0 Å². The molecule has 66 valence electrons. The molecule has 1 spiro atoms. The van der Waals surface area contributed by atoms with Crippen molar-refractivity contribution in [2.24, 2.45) is 0 Å². The number of aliphatic hydroxyl groups is 2. The number of hydrogen-bond donors (Lipinski definition) is 2. The van der Waals surface area contributed by atoms with Gasteiger partial charge in [0.1, 0.15) is 25.7 Å². The molecule has 2 rings (SSSR count). The first kappa shape index (κ1) is 8.50. The van der Waals surface area contributed by atoms with Crippen molar-refractivity contribution in [1.29, 1.82) is 0 Å². The smallest absolute Gasteiger partial charge is 0.116 e. The minimum Gasteiger partial charge on any atom is -0.394 e. The first-order valence-corrected chi connectivity index (χ1v) is 4.04. The zero-order chi connectivity index (χ0) is 8.77. The molecule has 0 amide bonds. The summed E-state index contributed by atoms with van der Waals surface area (Å²) in [6, 6.07) is -0.613. The van der Waals surface area contributed by atoms with Gasteiger partial charge >= 0.3 is 0 Å². The molecular formula is C7H11BO4. The van der Waals surface area contributed by atoms with E-state index in [-0.39, 0.29) is 6.61 Å². The highest BCUT2D eigenvalue weighted by atomic mass is 16.6. The molecule has 0 aromatic rings. The molecule has 2 aliphatic heterocycles. The van der Waals surface area contributed by atoms with Crippen molar-refractivity contribution in [2.75, 3.05) is 13.2 Å². The Morgan fingerprint density at radius 1 is 1.58 bits per heavy atom. The molecule has 12 heavy (non-hydrogen) atoms. The Balaban J connectivity index is 2.14. The molecule has 0 bridgehead atoms. The van der Waals surface area contributed by atoms with Crippen LogP contribution in [0.4, 0.5) is 0 Å². The summed E-state index contributed by atoms with van der Waals surface area (Å²) in [5, 5.41) is 18.4. The van der Waals surface area contributed by atoms with Crippen LogP contribution >= 0.6 is 0 Å². The average Bonchev–Trinajstić information content (AvgIpc) is 2.21. The van der Waals surface area contributed by atoms with Crippen LogP contribution in [0, 0.1) is 0 Å². The van der Waals surface area contributed by atoms with Crippen LogP contribution in [0.15, 0.2) is 0 Å². The van der Waals surface area contributed by atoms with Gasteiger partial charge in [-0.15, -0.1) is 0 Å². The average molecular weight is 170 g/mol. The van der Waals surface area contributed by atoms with Crippen molar-refractivity contribution in [1.82, 2.24) is 0 Å². The van der Waals surface area contributed by atoms with Crippen LogP contribution in [0.3, 0.4) is 0 Å². The summed E-state index contributed by atoms with van der Waals surface area (Å²) < 4.78 is 10.4. The Labute approximate surface area is 71.9 Å². The van der Waals surface area contributed by atoms with Gasteiger partial charge < -0.3 is 19.7 Å². The van der Waals surface area contributed by atoms with Gasteiger partial charge in [-0.05, 0) is 0 Å². The van der Waals surface area contributed by atoms with Crippen molar-refractivity contribution in [3.8, 4) is 0 Å². The van der Waals surface area contributed by atoms with Gasteiger partial charge in [-0.3, -0.25) is 0 Å². The molecule has 0 aromatic heterocycles. The highest BCUT2D eigenvalue weighted by Gasteiger charge is 2.58. The predicted molar refractivity (Wildman–Crippen MR) is 40.8 cm³/mol. The molecule has 4 atom stereocenters. The van der Waals surface area contributed by atoms with Crippen LogP contribution in [-0.2, 0) is 9.47 Å². The molecular weight excluding hydrogens is 159 g/mol. The van der Waals surface area contributed by atoms with Crippen LogP contribution in [0.5, 0.6) is 0 Å². The normalized spacial score (nSPS) is 52.7. The molecule has 4 nitrogen and oxygen atoms in total. The van der Waals surface area contributed by atoms with Gasteiger partial charge in [-0.2, -0.15) is 0 Å². The van der Waals surface area contributed by atoms with Crippen LogP contribution in [0.1, 0.15) is 6.42 Å². The lowest BCUT2D eigenvalue weighted by atomic mass is 9.75. The van der Waals surface area contributed by atoms with Crippen molar-refractivity contribution < 1.29 is 19.7 Å². The second-order valence-corrected chi connectivity index (χ2v) is 3.28. The first-order valence-electron chi connectivity index (χ1n) is 4.04. The quantitative estimate of drug-likeness (QED) is 0.465. The summed E-state index contributed by atoms with van der Waals surface area (Å²) in [6.45, 7) is 0.381. The number of ether oxygens (including phenoxy) is 2. The number of rotatable bonds is 1. The largest absolute Gasteiger partial charge is 0.394 e. The fraction of sp³-hybridized carbons (Fsp3) is 1.00. The lowest BCUT2D eigenvalue weighted by Gasteiger charge is -2.43. The molecule has 2 unspecified atom stereocenters. The maximum absolute atomic E-state index is 9.64. The van der Waals surface area contributed by atoms with Gasteiger partial charge in [0, 0.05) is 12.4 Å². The Morgan fingerprint density at radius 2 is 2.25 bits per heavy atom. The summed E-state index contributed by atoms with van der Waals surface area (Å²) in [7, 11) is 5.61. The van der Waals surface area contributed by atoms with Crippen LogP contribution in [-0.4, -0.2) is 55.1 Å². The molecule has 2 saturated heterocycles. The van der Waals surface area contributed by atoms with Crippen molar-refractivity contribution in [3.05, 3.63) is 0 Å². The zero-order valence-corrected chi connectivity index (χ0v) is 6.64. The van der Waals surface area contributed by atoms with E-state index in [0.29, 0.717) is 13.0 Å². The second-order valence-electron chi connectivity index (χ2n) is 3.28. The highest BCUT2D eigenvalue weighted by Crippen LogP contribution is 2.41. The molecule has 2 radical (unpaired) electrons. The number of hydrogen-bond acceptors (Lipinski definition) is 4. The van der Waals surface area contributed by atoms with Crippen LogP contribution < -0.4 is 0 Å². The third-order valence-electron chi connectivity index (χ3n) is 2.70. The van der Waals surface area contributed by atoms with E-state index in [1.165, 1.54) is 0 Å². The van der Waals surface area contributed by atoms with E-state index in [9.17, 15) is 5.11 Å². The van der Waals surface area contributed by atoms with E-state index in [1.807, 2.05) is 0 Å². The lowest BCUT2D eigenvalue weighted by molar-refractivity contribution is -0.194. The molecule has 0 aliphatic carbocycles. The molecule has 0 aromatic carbocycles. The minimum atomic E-state index is -0.800. The summed E-state index contributed by atoms with van der Waals surface area (Å²) in [6.07, 6.45) is -0.696. The maximum atomic E-state index is 9.64. The monoisotopic (exact) mass is 170 g/mol. The minimum absolute atomic E-state index is 0.222. The van der Waals surface area contributed by atoms with Gasteiger partial charge in [-0.25, -0.2) is 0 Å². The highest BCUT2D eigenvalue weighted by molar-refractivity contribution is 6.12. The van der Waals surface area contributed by atoms with E-state index in [1.54, 1.807) is 0 Å². The van der Waals surface area contributed by atoms with Gasteiger partial charge in [0.25, 0.3) is 0 Å². The van der Waals surface area contributed by atoms with Gasteiger partial charge in [-0.1, -0.05) is 0 Å². The predicted octanol–water partition coefficient (Wildman–Crippen LogP) is -1.61. The van der Waals surface area contributed by atoms with Gasteiger partial charge in [0.15, 0.2) is 0 Å². The van der Waals surface area contributed by atoms with Crippen molar-refractivity contribution in [3.63, 3.8) is 0 Å². The fourth-order valence-electron chi connectivity index (χ4n) is 1.80. The third kappa shape index (κ3) is 0.878. The van der Waals surface area contributed by atoms with E-state index in [0.717, 1.165) is 0 Å². The first-order chi connectivity index (χ1) is 5.70. The van der Waals surface area contributed by atoms with Crippen LogP contribution in [0.25, 0.3) is 0 Å². The second kappa shape index (κ2) is 2.70. The topological polar surface area (TPSA) is 58.9 Å². The summed E-state index contributed by atoms with van der Waals surface area (Å²) in [5.74, 6) is 0. The Hall–Kier alpha value is -0.0951. The molecule has 2 heterocycles. The van der Waals surface area contributed by atoms with Crippen molar-refractivity contribution >= 4 is 7.85 Å². The molecule has 0 saturated carbocycles. The standard InChI is InChI=1S/C7H11BO4/c8-6-7(1-2-11-7)5(10)4(3-9)12-6/h4-6,9-10H,1-3H2/t4?,5-,6?,7-/m1/s1. The Kier molecular flexibility index (Phi) is 1.91. The fourth-order valence-corrected chi connectivity index (χ4v) is 1.80. The molecule has 2 N–H and O–H groups in total.